The maximum Gasteiger partial charge on any atom is 0.147 e. The number of rotatable bonds is 7. The summed E-state index contributed by atoms with van der Waals surface area (Å²) in [5.41, 5.74) is 5.78. The molecule has 0 fully saturated rings. The van der Waals surface area contributed by atoms with Crippen LogP contribution >= 0.6 is 11.8 Å². The van der Waals surface area contributed by atoms with Gasteiger partial charge in [-0.15, -0.1) is 0 Å². The van der Waals surface area contributed by atoms with Crippen LogP contribution in [0.15, 0.2) is 0 Å². The summed E-state index contributed by atoms with van der Waals surface area (Å²) in [7, 11) is -2.80. The van der Waals surface area contributed by atoms with E-state index in [1.165, 1.54) is 6.26 Å². The van der Waals surface area contributed by atoms with Crippen molar-refractivity contribution in [1.82, 2.24) is 0 Å². The molecule has 0 spiro atoms. The third kappa shape index (κ3) is 10.2. The molecular weight excluding hydrogens is 206 g/mol. The van der Waals surface area contributed by atoms with E-state index in [0.29, 0.717) is 6.42 Å². The third-order valence-electron chi connectivity index (χ3n) is 1.78. The van der Waals surface area contributed by atoms with E-state index in [0.717, 1.165) is 18.6 Å². The molecule has 1 atom stereocenters. The average molecular weight is 225 g/mol. The fraction of sp³-hybridized carbons (Fsp3) is 1.00. The summed E-state index contributed by atoms with van der Waals surface area (Å²) in [5, 5.41) is 0. The van der Waals surface area contributed by atoms with Crippen molar-refractivity contribution in [2.45, 2.75) is 25.3 Å². The topological polar surface area (TPSA) is 60.2 Å². The molecule has 0 saturated carbocycles. The van der Waals surface area contributed by atoms with E-state index in [4.69, 9.17) is 5.73 Å². The lowest BCUT2D eigenvalue weighted by Gasteiger charge is -2.09. The van der Waals surface area contributed by atoms with Gasteiger partial charge in [-0.1, -0.05) is 0 Å². The first-order chi connectivity index (χ1) is 5.95. The summed E-state index contributed by atoms with van der Waals surface area (Å²) >= 11 is 1.77. The molecule has 0 saturated heterocycles. The highest BCUT2D eigenvalue weighted by atomic mass is 32.2. The largest absolute Gasteiger partial charge is 0.328 e. The van der Waals surface area contributed by atoms with Gasteiger partial charge in [0.1, 0.15) is 9.84 Å². The number of sulfone groups is 1. The average Bonchev–Trinajstić information content (AvgIpc) is 1.98. The molecule has 0 radical (unpaired) electrons. The number of hydrogen-bond acceptors (Lipinski definition) is 4. The zero-order valence-corrected chi connectivity index (χ0v) is 9.96. The number of thioether (sulfide) groups is 1. The number of nitrogens with two attached hydrogens (primary N) is 1. The molecule has 1 unspecified atom stereocenters. The summed E-state index contributed by atoms with van der Waals surface area (Å²) < 4.78 is 21.6. The van der Waals surface area contributed by atoms with Gasteiger partial charge in [0.15, 0.2) is 0 Å². The van der Waals surface area contributed by atoms with Crippen molar-refractivity contribution in [2.75, 3.05) is 24.0 Å². The summed E-state index contributed by atoms with van der Waals surface area (Å²) in [6.45, 7) is 0. The molecule has 0 bridgehead atoms. The van der Waals surface area contributed by atoms with Gasteiger partial charge in [0, 0.05) is 18.1 Å². The second-order valence-electron chi connectivity index (χ2n) is 3.31. The van der Waals surface area contributed by atoms with Crippen molar-refractivity contribution in [2.24, 2.45) is 5.73 Å². The minimum Gasteiger partial charge on any atom is -0.328 e. The minimum absolute atomic E-state index is 0.161. The molecule has 5 heteroatoms. The predicted molar refractivity (Wildman–Crippen MR) is 59.9 cm³/mol. The maximum absolute atomic E-state index is 10.8. The smallest absolute Gasteiger partial charge is 0.147 e. The Morgan fingerprint density at radius 1 is 1.38 bits per heavy atom. The molecule has 0 heterocycles. The zero-order chi connectivity index (χ0) is 10.3. The van der Waals surface area contributed by atoms with E-state index in [1.807, 2.05) is 6.26 Å². The second-order valence-corrected chi connectivity index (χ2v) is 6.56. The fourth-order valence-corrected chi connectivity index (χ4v) is 2.25. The van der Waals surface area contributed by atoms with Crippen LogP contribution in [0.25, 0.3) is 0 Å². The van der Waals surface area contributed by atoms with Crippen LogP contribution in [-0.4, -0.2) is 38.5 Å². The summed E-state index contributed by atoms with van der Waals surface area (Å²) in [6.07, 6.45) is 5.79. The molecule has 0 amide bonds. The van der Waals surface area contributed by atoms with E-state index < -0.39 is 9.84 Å². The molecular formula is C8H19NO2S2. The lowest BCUT2D eigenvalue weighted by Crippen LogP contribution is -2.21. The quantitative estimate of drug-likeness (QED) is 0.699. The van der Waals surface area contributed by atoms with Crippen LogP contribution < -0.4 is 5.73 Å². The van der Waals surface area contributed by atoms with E-state index in [-0.39, 0.29) is 11.8 Å². The molecule has 0 aliphatic carbocycles. The molecule has 80 valence electrons. The van der Waals surface area contributed by atoms with Gasteiger partial charge in [0.2, 0.25) is 0 Å². The highest BCUT2D eigenvalue weighted by Crippen LogP contribution is 2.04. The normalized spacial score (nSPS) is 14.4. The van der Waals surface area contributed by atoms with Gasteiger partial charge < -0.3 is 5.73 Å². The summed E-state index contributed by atoms with van der Waals surface area (Å²) in [4.78, 5) is 0. The minimum atomic E-state index is -2.80. The van der Waals surface area contributed by atoms with Gasteiger partial charge in [-0.05, 0) is 31.3 Å². The Bertz CT molecular complexity index is 214. The van der Waals surface area contributed by atoms with Gasteiger partial charge in [0.25, 0.3) is 0 Å². The Morgan fingerprint density at radius 2 is 2.00 bits per heavy atom. The lowest BCUT2D eigenvalue weighted by atomic mass is 10.1. The van der Waals surface area contributed by atoms with Gasteiger partial charge >= 0.3 is 0 Å². The van der Waals surface area contributed by atoms with Gasteiger partial charge in [-0.2, -0.15) is 11.8 Å². The Morgan fingerprint density at radius 3 is 2.46 bits per heavy atom. The van der Waals surface area contributed by atoms with Crippen LogP contribution in [0, 0.1) is 0 Å². The first-order valence-electron chi connectivity index (χ1n) is 4.38. The zero-order valence-electron chi connectivity index (χ0n) is 8.32. The van der Waals surface area contributed by atoms with Gasteiger partial charge in [-0.25, -0.2) is 8.42 Å². The molecule has 0 aromatic heterocycles. The maximum atomic E-state index is 10.8. The van der Waals surface area contributed by atoms with Gasteiger partial charge in [0.05, 0.1) is 0 Å². The fourth-order valence-electron chi connectivity index (χ4n) is 1.02. The Labute approximate surface area is 85.4 Å². The molecule has 0 aliphatic rings. The Hall–Kier alpha value is 0.260. The van der Waals surface area contributed by atoms with Crippen molar-refractivity contribution in [3.8, 4) is 0 Å². The first-order valence-corrected chi connectivity index (χ1v) is 7.83. The molecule has 2 N–H and O–H groups in total. The summed E-state index contributed by atoms with van der Waals surface area (Å²) in [5.74, 6) is 1.32. The second kappa shape index (κ2) is 6.68. The molecule has 0 aliphatic heterocycles. The molecule has 0 aromatic rings. The highest BCUT2D eigenvalue weighted by molar-refractivity contribution is 7.98. The number of hydrogen-bond donors (Lipinski definition) is 1. The SMILES string of the molecule is CSCCC(N)CCCS(C)(=O)=O. The predicted octanol–water partition coefficient (Wildman–Crippen LogP) is 0.892. The van der Waals surface area contributed by atoms with Crippen LogP contribution in [0.2, 0.25) is 0 Å². The van der Waals surface area contributed by atoms with Crippen LogP contribution in [0.3, 0.4) is 0 Å². The van der Waals surface area contributed by atoms with E-state index in [2.05, 4.69) is 0 Å². The third-order valence-corrected chi connectivity index (χ3v) is 3.46. The lowest BCUT2D eigenvalue weighted by molar-refractivity contribution is 0.573. The summed E-state index contributed by atoms with van der Waals surface area (Å²) in [6, 6.07) is 0.161. The van der Waals surface area contributed by atoms with Crippen molar-refractivity contribution < 1.29 is 8.42 Å². The van der Waals surface area contributed by atoms with Gasteiger partial charge in [-0.3, -0.25) is 0 Å². The van der Waals surface area contributed by atoms with Crippen molar-refractivity contribution in [3.05, 3.63) is 0 Å². The van der Waals surface area contributed by atoms with E-state index in [9.17, 15) is 8.42 Å². The van der Waals surface area contributed by atoms with Crippen molar-refractivity contribution in [1.29, 1.82) is 0 Å². The highest BCUT2D eigenvalue weighted by Gasteiger charge is 2.05. The van der Waals surface area contributed by atoms with Crippen LogP contribution in [0.5, 0.6) is 0 Å². The van der Waals surface area contributed by atoms with Crippen molar-refractivity contribution in [3.63, 3.8) is 0 Å². The molecule has 3 nitrogen and oxygen atoms in total. The first kappa shape index (κ1) is 13.3. The van der Waals surface area contributed by atoms with E-state index >= 15 is 0 Å². The Kier molecular flexibility index (Phi) is 6.81. The molecule has 0 rings (SSSR count). The van der Waals surface area contributed by atoms with Crippen LogP contribution in [0.4, 0.5) is 0 Å². The Balaban J connectivity index is 3.42. The standard InChI is InChI=1S/C8H19NO2S2/c1-12-6-5-8(9)4-3-7-13(2,10)11/h8H,3-7,9H2,1-2H3. The molecule has 13 heavy (non-hydrogen) atoms. The van der Waals surface area contributed by atoms with Crippen LogP contribution in [-0.2, 0) is 9.84 Å². The van der Waals surface area contributed by atoms with Crippen molar-refractivity contribution >= 4 is 21.6 Å². The van der Waals surface area contributed by atoms with Crippen LogP contribution in [0.1, 0.15) is 19.3 Å². The molecule has 0 aromatic carbocycles. The monoisotopic (exact) mass is 225 g/mol. The van der Waals surface area contributed by atoms with E-state index in [1.54, 1.807) is 11.8 Å².